The van der Waals surface area contributed by atoms with E-state index in [1.54, 1.807) is 12.3 Å². The van der Waals surface area contributed by atoms with E-state index in [9.17, 15) is 9.59 Å². The topological polar surface area (TPSA) is 90.6 Å². The quantitative estimate of drug-likeness (QED) is 0.590. The summed E-state index contributed by atoms with van der Waals surface area (Å²) in [6, 6.07) is 3.06. The molecule has 2 amide bonds. The summed E-state index contributed by atoms with van der Waals surface area (Å²) in [6.07, 6.45) is 5.65. The molecule has 2 aliphatic rings. The third-order valence-electron chi connectivity index (χ3n) is 6.78. The number of amides is 2. The molecule has 5 rings (SSSR count). The van der Waals surface area contributed by atoms with E-state index >= 15 is 0 Å². The second kappa shape index (κ2) is 8.83. The highest BCUT2D eigenvalue weighted by molar-refractivity contribution is 6.33. The van der Waals surface area contributed by atoms with Gasteiger partial charge in [0.15, 0.2) is 0 Å². The molecule has 2 aromatic heterocycles. The number of ether oxygens (including phenoxy) is 1. The zero-order valence-electron chi connectivity index (χ0n) is 19.8. The van der Waals surface area contributed by atoms with E-state index in [1.165, 1.54) is 0 Å². The Labute approximate surface area is 203 Å². The van der Waals surface area contributed by atoms with Gasteiger partial charge in [0.25, 0.3) is 0 Å². The van der Waals surface area contributed by atoms with Gasteiger partial charge in [-0.05, 0) is 51.3 Å². The van der Waals surface area contributed by atoms with Crippen LogP contribution in [0.3, 0.4) is 0 Å². The molecule has 9 heteroatoms. The Balaban J connectivity index is 1.43. The van der Waals surface area contributed by atoms with Gasteiger partial charge in [-0.25, -0.2) is 0 Å². The molecule has 4 heterocycles. The molecule has 34 heavy (non-hydrogen) atoms. The Kier molecular flexibility index (Phi) is 6.00. The molecule has 1 atom stereocenters. The zero-order valence-corrected chi connectivity index (χ0v) is 20.5. The summed E-state index contributed by atoms with van der Waals surface area (Å²) in [4.78, 5) is 37.9. The molecular weight excluding hydrogens is 454 g/mol. The number of aromatic nitrogens is 2. The lowest BCUT2D eigenvalue weighted by Crippen LogP contribution is -2.60. The predicted octanol–water partition coefficient (Wildman–Crippen LogP) is 3.72. The summed E-state index contributed by atoms with van der Waals surface area (Å²) in [5.41, 5.74) is 2.86. The average Bonchev–Trinajstić information content (AvgIpc) is 3.42. The van der Waals surface area contributed by atoms with Crippen LogP contribution in [0.4, 0.5) is 5.69 Å². The molecule has 2 fully saturated rings. The van der Waals surface area contributed by atoms with E-state index in [2.05, 4.69) is 15.3 Å². The highest BCUT2D eigenvalue weighted by Gasteiger charge is 2.39. The van der Waals surface area contributed by atoms with Crippen molar-refractivity contribution in [1.29, 1.82) is 0 Å². The number of morpholine rings is 1. The minimum absolute atomic E-state index is 0.0664. The minimum Gasteiger partial charge on any atom is -0.372 e. The molecule has 3 aromatic rings. The maximum Gasteiger partial charge on any atom is 0.244 e. The molecule has 0 saturated carbocycles. The third-order valence-corrected chi connectivity index (χ3v) is 7.00. The standard InChI is InChI=1S/C25H30ClN5O3/c1-15-10-27-11-19-22(15)17-8-16(26)9-18(23(17)28-19)29-24(33)20-13-34-25(2,3)14-31(20)12-21(32)30-6-4-5-7-30/h8-11,20,28H,4-7,12-14H2,1-3H3,(H,29,33)/t20-/m0/s1. The number of aromatic amines is 1. The lowest BCUT2D eigenvalue weighted by Gasteiger charge is -2.42. The molecule has 2 aliphatic heterocycles. The average molecular weight is 484 g/mol. The number of anilines is 1. The number of hydrogen-bond acceptors (Lipinski definition) is 5. The number of hydrogen-bond donors (Lipinski definition) is 2. The van der Waals surface area contributed by atoms with E-state index in [4.69, 9.17) is 16.3 Å². The van der Waals surface area contributed by atoms with Gasteiger partial charge in [0.1, 0.15) is 6.04 Å². The number of carbonyl (C=O) groups excluding carboxylic acids is 2. The summed E-state index contributed by atoms with van der Waals surface area (Å²) in [5, 5.41) is 5.55. The van der Waals surface area contributed by atoms with Gasteiger partial charge in [0.2, 0.25) is 11.8 Å². The van der Waals surface area contributed by atoms with Crippen LogP contribution in [-0.2, 0) is 14.3 Å². The van der Waals surface area contributed by atoms with Crippen LogP contribution in [-0.4, -0.2) is 76.0 Å². The number of carbonyl (C=O) groups is 2. The number of aryl methyl sites for hydroxylation is 1. The summed E-state index contributed by atoms with van der Waals surface area (Å²) in [7, 11) is 0. The summed E-state index contributed by atoms with van der Waals surface area (Å²) in [6.45, 7) is 8.45. The van der Waals surface area contributed by atoms with Crippen LogP contribution in [0.15, 0.2) is 24.5 Å². The van der Waals surface area contributed by atoms with Gasteiger partial charge >= 0.3 is 0 Å². The molecule has 0 bridgehead atoms. The number of H-pyrrole nitrogens is 1. The van der Waals surface area contributed by atoms with Gasteiger partial charge in [-0.3, -0.25) is 19.5 Å². The van der Waals surface area contributed by atoms with Crippen LogP contribution >= 0.6 is 11.6 Å². The van der Waals surface area contributed by atoms with Crippen molar-refractivity contribution in [3.05, 3.63) is 35.1 Å². The first-order chi connectivity index (χ1) is 16.2. The number of pyridine rings is 1. The lowest BCUT2D eigenvalue weighted by atomic mass is 10.0. The van der Waals surface area contributed by atoms with Crippen LogP contribution in [0.1, 0.15) is 32.3 Å². The second-order valence-corrected chi connectivity index (χ2v) is 10.4. The summed E-state index contributed by atoms with van der Waals surface area (Å²) in [5.74, 6) is -0.154. The molecule has 0 aliphatic carbocycles. The molecule has 0 spiro atoms. The zero-order chi connectivity index (χ0) is 24.0. The van der Waals surface area contributed by atoms with Crippen LogP contribution in [0.2, 0.25) is 5.02 Å². The minimum atomic E-state index is -0.582. The van der Waals surface area contributed by atoms with E-state index in [0.717, 1.165) is 53.3 Å². The smallest absolute Gasteiger partial charge is 0.244 e. The Morgan fingerprint density at radius 2 is 2.03 bits per heavy atom. The van der Waals surface area contributed by atoms with Crippen molar-refractivity contribution in [2.75, 3.05) is 38.1 Å². The van der Waals surface area contributed by atoms with Gasteiger partial charge < -0.3 is 19.9 Å². The van der Waals surface area contributed by atoms with Crippen molar-refractivity contribution >= 4 is 50.9 Å². The maximum atomic E-state index is 13.5. The molecule has 0 radical (unpaired) electrons. The highest BCUT2D eigenvalue weighted by atomic mass is 35.5. The molecule has 8 nitrogen and oxygen atoms in total. The Morgan fingerprint density at radius 1 is 1.26 bits per heavy atom. The number of fused-ring (bicyclic) bond motifs is 3. The number of benzene rings is 1. The molecule has 2 saturated heterocycles. The van der Waals surface area contributed by atoms with Crippen molar-refractivity contribution in [2.45, 2.75) is 45.3 Å². The van der Waals surface area contributed by atoms with Crippen LogP contribution in [0.5, 0.6) is 0 Å². The van der Waals surface area contributed by atoms with Gasteiger partial charge in [-0.2, -0.15) is 0 Å². The predicted molar refractivity (Wildman–Crippen MR) is 133 cm³/mol. The van der Waals surface area contributed by atoms with Gasteiger partial charge in [-0.15, -0.1) is 0 Å². The van der Waals surface area contributed by atoms with E-state index in [1.807, 2.05) is 42.8 Å². The fourth-order valence-electron chi connectivity index (χ4n) is 5.11. The monoisotopic (exact) mass is 483 g/mol. The van der Waals surface area contributed by atoms with Crippen LogP contribution in [0, 0.1) is 6.92 Å². The fraction of sp³-hybridized carbons (Fsp3) is 0.480. The summed E-state index contributed by atoms with van der Waals surface area (Å²) < 4.78 is 5.98. The lowest BCUT2D eigenvalue weighted by molar-refractivity contribution is -0.149. The Morgan fingerprint density at radius 3 is 2.79 bits per heavy atom. The van der Waals surface area contributed by atoms with E-state index in [0.29, 0.717) is 17.3 Å². The van der Waals surface area contributed by atoms with E-state index in [-0.39, 0.29) is 25.0 Å². The summed E-state index contributed by atoms with van der Waals surface area (Å²) >= 11 is 6.44. The molecule has 1 aromatic carbocycles. The first kappa shape index (κ1) is 23.1. The van der Waals surface area contributed by atoms with Crippen molar-refractivity contribution in [1.82, 2.24) is 19.8 Å². The molecule has 0 unspecified atom stereocenters. The number of nitrogens with one attached hydrogen (secondary N) is 2. The normalized spacial score (nSPS) is 20.8. The van der Waals surface area contributed by atoms with Crippen molar-refractivity contribution < 1.29 is 14.3 Å². The van der Waals surface area contributed by atoms with Gasteiger partial charge in [0, 0.05) is 41.6 Å². The maximum absolute atomic E-state index is 13.5. The number of likely N-dealkylation sites (tertiary alicyclic amines) is 1. The van der Waals surface area contributed by atoms with Crippen molar-refractivity contribution in [2.24, 2.45) is 0 Å². The first-order valence-electron chi connectivity index (χ1n) is 11.7. The number of halogens is 1. The molecule has 180 valence electrons. The highest BCUT2D eigenvalue weighted by Crippen LogP contribution is 2.35. The van der Waals surface area contributed by atoms with Crippen molar-refractivity contribution in [3.8, 4) is 0 Å². The fourth-order valence-corrected chi connectivity index (χ4v) is 5.33. The first-order valence-corrected chi connectivity index (χ1v) is 12.1. The Hall–Kier alpha value is -2.68. The van der Waals surface area contributed by atoms with Gasteiger partial charge in [0.05, 0.1) is 41.7 Å². The number of rotatable bonds is 4. The van der Waals surface area contributed by atoms with Crippen molar-refractivity contribution in [3.63, 3.8) is 0 Å². The van der Waals surface area contributed by atoms with Gasteiger partial charge in [-0.1, -0.05) is 11.6 Å². The third kappa shape index (κ3) is 4.37. The van der Waals surface area contributed by atoms with E-state index < -0.39 is 11.6 Å². The van der Waals surface area contributed by atoms with Crippen LogP contribution < -0.4 is 5.32 Å². The van der Waals surface area contributed by atoms with Crippen LogP contribution in [0.25, 0.3) is 21.8 Å². The second-order valence-electron chi connectivity index (χ2n) is 9.95. The SMILES string of the molecule is Cc1cncc2[nH]c3c(NC(=O)[C@@H]4COC(C)(C)CN4CC(=O)N4CCCC4)cc(Cl)cc3c12. The molecule has 2 N–H and O–H groups in total. The largest absolute Gasteiger partial charge is 0.372 e. The molecular formula is C25H30ClN5O3. The number of nitrogens with zero attached hydrogens (tertiary/aromatic N) is 3. The Bertz CT molecular complexity index is 1260.